The van der Waals surface area contributed by atoms with Crippen LogP contribution in [0, 0.1) is 13.8 Å². The lowest BCUT2D eigenvalue weighted by Crippen LogP contribution is -2.49. The zero-order valence-corrected chi connectivity index (χ0v) is 17.0. The average molecular weight is 393 g/mol. The topological polar surface area (TPSA) is 68.8 Å². The quantitative estimate of drug-likeness (QED) is 0.870. The molecule has 0 bridgehead atoms. The maximum Gasteiger partial charge on any atom is 0.321 e. The largest absolute Gasteiger partial charge is 0.353 e. The molecule has 0 radical (unpaired) electrons. The lowest BCUT2D eigenvalue weighted by molar-refractivity contribution is 0.0746. The van der Waals surface area contributed by atoms with E-state index in [2.05, 4.69) is 28.2 Å². The SMILES string of the molecule is Cc1cnc(N2CCN(C(=O)c3ccc(N4CCCNC4=O)cc3)CC2)c(C)c1. The Kier molecular flexibility index (Phi) is 5.38. The van der Waals surface area contributed by atoms with Crippen molar-refractivity contribution in [3.05, 3.63) is 53.2 Å². The number of pyridine rings is 1. The molecular formula is C22H27N5O2. The average Bonchev–Trinajstić information content (AvgIpc) is 2.74. The molecule has 1 aromatic carbocycles. The first-order valence-corrected chi connectivity index (χ1v) is 10.2. The van der Waals surface area contributed by atoms with Crippen molar-refractivity contribution in [3.8, 4) is 0 Å². The summed E-state index contributed by atoms with van der Waals surface area (Å²) in [6.07, 6.45) is 2.82. The predicted molar refractivity (Wildman–Crippen MR) is 114 cm³/mol. The Hall–Kier alpha value is -3.09. The van der Waals surface area contributed by atoms with E-state index >= 15 is 0 Å². The highest BCUT2D eigenvalue weighted by Crippen LogP contribution is 2.21. The fraction of sp³-hybridized carbons (Fsp3) is 0.409. The molecule has 3 amide bonds. The minimum Gasteiger partial charge on any atom is -0.353 e. The summed E-state index contributed by atoms with van der Waals surface area (Å²) in [5, 5.41) is 2.85. The first-order valence-electron chi connectivity index (χ1n) is 10.2. The van der Waals surface area contributed by atoms with Gasteiger partial charge in [0.2, 0.25) is 0 Å². The zero-order valence-electron chi connectivity index (χ0n) is 17.0. The highest BCUT2D eigenvalue weighted by molar-refractivity contribution is 5.96. The number of amides is 3. The Bertz CT molecular complexity index is 904. The fourth-order valence-corrected chi connectivity index (χ4v) is 4.00. The van der Waals surface area contributed by atoms with Crippen molar-refractivity contribution in [2.24, 2.45) is 0 Å². The van der Waals surface area contributed by atoms with E-state index < -0.39 is 0 Å². The van der Waals surface area contributed by atoms with Crippen molar-refractivity contribution >= 4 is 23.4 Å². The minimum absolute atomic E-state index is 0.0351. The fourth-order valence-electron chi connectivity index (χ4n) is 4.00. The van der Waals surface area contributed by atoms with Gasteiger partial charge in [0.25, 0.3) is 5.91 Å². The second-order valence-electron chi connectivity index (χ2n) is 7.72. The van der Waals surface area contributed by atoms with Crippen LogP contribution in [0.15, 0.2) is 36.5 Å². The molecule has 152 valence electrons. The Morgan fingerprint density at radius 3 is 2.41 bits per heavy atom. The molecule has 2 saturated heterocycles. The third-order valence-electron chi connectivity index (χ3n) is 5.56. The number of nitrogens with zero attached hydrogens (tertiary/aromatic N) is 4. The van der Waals surface area contributed by atoms with Gasteiger partial charge < -0.3 is 15.1 Å². The summed E-state index contributed by atoms with van der Waals surface area (Å²) in [6.45, 7) is 8.43. The number of aryl methyl sites for hydroxylation is 2. The molecule has 7 heteroatoms. The van der Waals surface area contributed by atoms with E-state index in [1.807, 2.05) is 42.3 Å². The van der Waals surface area contributed by atoms with Crippen molar-refractivity contribution in [2.45, 2.75) is 20.3 Å². The maximum atomic E-state index is 12.9. The number of nitrogens with one attached hydrogen (secondary N) is 1. The standard InChI is InChI=1S/C22H27N5O2/c1-16-14-17(2)20(24-15-16)25-10-12-26(13-11-25)21(28)18-4-6-19(7-5-18)27-9-3-8-23-22(27)29/h4-7,14-15H,3,8-13H2,1-2H3,(H,23,29). The van der Waals surface area contributed by atoms with E-state index in [1.54, 1.807) is 4.90 Å². The molecule has 0 saturated carbocycles. The molecule has 4 rings (SSSR count). The van der Waals surface area contributed by atoms with Crippen LogP contribution in [0.25, 0.3) is 0 Å². The molecule has 0 spiro atoms. The van der Waals surface area contributed by atoms with Gasteiger partial charge in [0, 0.05) is 56.7 Å². The Balaban J connectivity index is 1.38. The summed E-state index contributed by atoms with van der Waals surface area (Å²) in [5.74, 6) is 1.04. The highest BCUT2D eigenvalue weighted by Gasteiger charge is 2.24. The second kappa shape index (κ2) is 8.11. The maximum absolute atomic E-state index is 12.9. The van der Waals surface area contributed by atoms with Crippen molar-refractivity contribution in [2.75, 3.05) is 49.1 Å². The van der Waals surface area contributed by atoms with Crippen molar-refractivity contribution < 1.29 is 9.59 Å². The molecule has 7 nitrogen and oxygen atoms in total. The van der Waals surface area contributed by atoms with Gasteiger partial charge in [0.1, 0.15) is 5.82 Å². The predicted octanol–water partition coefficient (Wildman–Crippen LogP) is 2.58. The number of anilines is 2. The van der Waals surface area contributed by atoms with Crippen molar-refractivity contribution in [1.82, 2.24) is 15.2 Å². The van der Waals surface area contributed by atoms with E-state index in [1.165, 1.54) is 5.56 Å². The molecule has 0 atom stereocenters. The van der Waals surface area contributed by atoms with Crippen LogP contribution >= 0.6 is 0 Å². The first-order chi connectivity index (χ1) is 14.0. The molecule has 2 fully saturated rings. The molecule has 1 N–H and O–H groups in total. The lowest BCUT2D eigenvalue weighted by Gasteiger charge is -2.36. The number of piperazine rings is 1. The van der Waals surface area contributed by atoms with Crippen molar-refractivity contribution in [3.63, 3.8) is 0 Å². The van der Waals surface area contributed by atoms with Gasteiger partial charge in [0.15, 0.2) is 0 Å². The molecule has 2 aliphatic rings. The highest BCUT2D eigenvalue weighted by atomic mass is 16.2. The van der Waals surface area contributed by atoms with Crippen LogP contribution < -0.4 is 15.1 Å². The molecule has 3 heterocycles. The number of carbonyl (C=O) groups excluding carboxylic acids is 2. The van der Waals surface area contributed by atoms with Crippen LogP contribution in [-0.4, -0.2) is 61.1 Å². The summed E-state index contributed by atoms with van der Waals surface area (Å²) < 4.78 is 0. The van der Waals surface area contributed by atoms with Gasteiger partial charge in [-0.1, -0.05) is 6.07 Å². The monoisotopic (exact) mass is 393 g/mol. The molecular weight excluding hydrogens is 366 g/mol. The summed E-state index contributed by atoms with van der Waals surface area (Å²) in [4.78, 5) is 35.3. The summed E-state index contributed by atoms with van der Waals surface area (Å²) in [5.41, 5.74) is 3.81. The van der Waals surface area contributed by atoms with Gasteiger partial charge in [-0.25, -0.2) is 9.78 Å². The Labute approximate surface area is 171 Å². The third-order valence-corrected chi connectivity index (χ3v) is 5.56. The van der Waals surface area contributed by atoms with Gasteiger partial charge in [-0.3, -0.25) is 9.69 Å². The number of rotatable bonds is 3. The molecule has 2 aliphatic heterocycles. The van der Waals surface area contributed by atoms with Crippen LogP contribution in [0.4, 0.5) is 16.3 Å². The van der Waals surface area contributed by atoms with Gasteiger partial charge in [-0.2, -0.15) is 0 Å². The second-order valence-corrected chi connectivity index (χ2v) is 7.72. The van der Waals surface area contributed by atoms with E-state index in [0.29, 0.717) is 25.2 Å². The van der Waals surface area contributed by atoms with Gasteiger partial charge in [-0.15, -0.1) is 0 Å². The van der Waals surface area contributed by atoms with Crippen LogP contribution in [0.2, 0.25) is 0 Å². The minimum atomic E-state index is -0.0774. The van der Waals surface area contributed by atoms with Crippen molar-refractivity contribution in [1.29, 1.82) is 0 Å². The number of urea groups is 1. The number of carbonyl (C=O) groups is 2. The third kappa shape index (κ3) is 4.04. The number of hydrogen-bond acceptors (Lipinski definition) is 4. The number of hydrogen-bond donors (Lipinski definition) is 1. The van der Waals surface area contributed by atoms with Crippen LogP contribution in [-0.2, 0) is 0 Å². The van der Waals surface area contributed by atoms with E-state index in [0.717, 1.165) is 43.1 Å². The summed E-state index contributed by atoms with van der Waals surface area (Å²) in [7, 11) is 0. The molecule has 1 aromatic heterocycles. The smallest absolute Gasteiger partial charge is 0.321 e. The normalized spacial score (nSPS) is 17.3. The Morgan fingerprint density at radius 1 is 1.03 bits per heavy atom. The molecule has 2 aromatic rings. The molecule has 0 unspecified atom stereocenters. The Morgan fingerprint density at radius 2 is 1.76 bits per heavy atom. The van der Waals surface area contributed by atoms with Crippen LogP contribution in [0.1, 0.15) is 27.9 Å². The van der Waals surface area contributed by atoms with Crippen LogP contribution in [0.5, 0.6) is 0 Å². The van der Waals surface area contributed by atoms with E-state index in [-0.39, 0.29) is 11.9 Å². The van der Waals surface area contributed by atoms with Crippen LogP contribution in [0.3, 0.4) is 0 Å². The summed E-state index contributed by atoms with van der Waals surface area (Å²) in [6, 6.07) is 9.41. The van der Waals surface area contributed by atoms with Gasteiger partial charge in [0.05, 0.1) is 0 Å². The number of benzene rings is 1. The zero-order chi connectivity index (χ0) is 20.4. The van der Waals surface area contributed by atoms with Gasteiger partial charge in [-0.05, 0) is 55.7 Å². The van der Waals surface area contributed by atoms with E-state index in [9.17, 15) is 9.59 Å². The molecule has 0 aliphatic carbocycles. The first kappa shape index (κ1) is 19.2. The summed E-state index contributed by atoms with van der Waals surface area (Å²) >= 11 is 0. The lowest BCUT2D eigenvalue weighted by atomic mass is 10.1. The number of aromatic nitrogens is 1. The van der Waals surface area contributed by atoms with E-state index in [4.69, 9.17) is 0 Å². The van der Waals surface area contributed by atoms with Gasteiger partial charge >= 0.3 is 6.03 Å². The molecule has 29 heavy (non-hydrogen) atoms.